The van der Waals surface area contributed by atoms with Crippen molar-refractivity contribution >= 4 is 15.7 Å². The first kappa shape index (κ1) is 14.5. The van der Waals surface area contributed by atoms with Gasteiger partial charge in [-0.05, 0) is 37.6 Å². The maximum Gasteiger partial charge on any atom is 0.240 e. The van der Waals surface area contributed by atoms with Crippen molar-refractivity contribution in [3.63, 3.8) is 0 Å². The van der Waals surface area contributed by atoms with E-state index in [1.54, 1.807) is 29.9 Å². The van der Waals surface area contributed by atoms with Crippen molar-refractivity contribution in [3.05, 3.63) is 41.2 Å². The van der Waals surface area contributed by atoms with Crippen LogP contribution in [0.4, 0.5) is 5.69 Å². The summed E-state index contributed by atoms with van der Waals surface area (Å²) in [5.41, 5.74) is 8.79. The van der Waals surface area contributed by atoms with Crippen LogP contribution in [0.5, 0.6) is 0 Å². The summed E-state index contributed by atoms with van der Waals surface area (Å²) in [7, 11) is -1.73. The van der Waals surface area contributed by atoms with E-state index in [1.165, 1.54) is 6.07 Å². The van der Waals surface area contributed by atoms with Crippen LogP contribution in [0.15, 0.2) is 29.3 Å². The van der Waals surface area contributed by atoms with E-state index in [2.05, 4.69) is 9.82 Å². The SMILES string of the molecule is Cc1cc(S(=O)(=O)NCc2cnn(C)c2C)ccc1N. The molecule has 1 aromatic heterocycles. The van der Waals surface area contributed by atoms with Gasteiger partial charge in [0, 0.05) is 30.5 Å². The Morgan fingerprint density at radius 3 is 2.60 bits per heavy atom. The zero-order chi connectivity index (χ0) is 14.9. The van der Waals surface area contributed by atoms with Crippen molar-refractivity contribution < 1.29 is 8.42 Å². The Morgan fingerprint density at radius 2 is 2.05 bits per heavy atom. The molecule has 2 rings (SSSR count). The van der Waals surface area contributed by atoms with Gasteiger partial charge in [0.25, 0.3) is 0 Å². The fourth-order valence-electron chi connectivity index (χ4n) is 1.79. The Hall–Kier alpha value is -1.86. The first-order valence-corrected chi connectivity index (χ1v) is 7.63. The highest BCUT2D eigenvalue weighted by molar-refractivity contribution is 7.89. The van der Waals surface area contributed by atoms with Crippen LogP contribution in [0.3, 0.4) is 0 Å². The van der Waals surface area contributed by atoms with Gasteiger partial charge in [-0.1, -0.05) is 0 Å². The van der Waals surface area contributed by atoms with Crippen LogP contribution in [0, 0.1) is 13.8 Å². The van der Waals surface area contributed by atoms with Crippen molar-refractivity contribution in [2.45, 2.75) is 25.3 Å². The lowest BCUT2D eigenvalue weighted by molar-refractivity contribution is 0.581. The molecule has 0 bridgehead atoms. The van der Waals surface area contributed by atoms with Gasteiger partial charge in [-0.2, -0.15) is 5.10 Å². The third kappa shape index (κ3) is 2.83. The van der Waals surface area contributed by atoms with Gasteiger partial charge in [-0.3, -0.25) is 4.68 Å². The number of hydrogen-bond acceptors (Lipinski definition) is 4. The molecule has 1 aromatic carbocycles. The summed E-state index contributed by atoms with van der Waals surface area (Å²) in [6.07, 6.45) is 1.66. The normalized spacial score (nSPS) is 11.8. The van der Waals surface area contributed by atoms with Crippen molar-refractivity contribution in [2.75, 3.05) is 5.73 Å². The van der Waals surface area contributed by atoms with Gasteiger partial charge in [0.05, 0.1) is 11.1 Å². The number of sulfonamides is 1. The fourth-order valence-corrected chi connectivity index (χ4v) is 2.88. The molecule has 0 aliphatic carbocycles. The van der Waals surface area contributed by atoms with E-state index in [9.17, 15) is 8.42 Å². The largest absolute Gasteiger partial charge is 0.399 e. The van der Waals surface area contributed by atoms with Gasteiger partial charge in [0.1, 0.15) is 0 Å². The molecule has 0 aliphatic heterocycles. The fraction of sp³-hybridized carbons (Fsp3) is 0.308. The van der Waals surface area contributed by atoms with Crippen LogP contribution in [0.25, 0.3) is 0 Å². The second-order valence-corrected chi connectivity index (χ2v) is 6.49. The molecule has 0 radical (unpaired) electrons. The van der Waals surface area contributed by atoms with E-state index in [4.69, 9.17) is 5.73 Å². The first-order chi connectivity index (χ1) is 9.31. The summed E-state index contributed by atoms with van der Waals surface area (Å²) in [6, 6.07) is 4.66. The van der Waals surface area contributed by atoms with Gasteiger partial charge in [0.2, 0.25) is 10.0 Å². The highest BCUT2D eigenvalue weighted by Crippen LogP contribution is 2.17. The molecule has 2 aromatic rings. The number of nitrogens with two attached hydrogens (primary N) is 1. The molecular formula is C13H18N4O2S. The number of aromatic nitrogens is 2. The molecule has 0 saturated heterocycles. The van der Waals surface area contributed by atoms with Crippen molar-refractivity contribution in [1.29, 1.82) is 0 Å². The summed E-state index contributed by atoms with van der Waals surface area (Å²) >= 11 is 0. The number of hydrogen-bond donors (Lipinski definition) is 2. The molecule has 1 heterocycles. The molecule has 0 amide bonds. The predicted octanol–water partition coefficient (Wildman–Crippen LogP) is 1.10. The predicted molar refractivity (Wildman–Crippen MR) is 77.6 cm³/mol. The van der Waals surface area contributed by atoms with Gasteiger partial charge in [-0.15, -0.1) is 0 Å². The Kier molecular flexibility index (Phi) is 3.82. The molecule has 0 saturated carbocycles. The second-order valence-electron chi connectivity index (χ2n) is 4.72. The van der Waals surface area contributed by atoms with Gasteiger partial charge in [-0.25, -0.2) is 13.1 Å². The summed E-state index contributed by atoms with van der Waals surface area (Å²) in [5, 5.41) is 4.08. The van der Waals surface area contributed by atoms with E-state index in [0.29, 0.717) is 5.69 Å². The van der Waals surface area contributed by atoms with E-state index in [0.717, 1.165) is 16.8 Å². The van der Waals surface area contributed by atoms with E-state index in [-0.39, 0.29) is 11.4 Å². The maximum atomic E-state index is 12.2. The molecule has 3 N–H and O–H groups in total. The minimum absolute atomic E-state index is 0.214. The quantitative estimate of drug-likeness (QED) is 0.826. The standard InChI is InChI=1S/C13H18N4O2S/c1-9-6-12(4-5-13(9)14)20(18,19)16-8-11-7-15-17(3)10(11)2/h4-7,16H,8,14H2,1-3H3. The average Bonchev–Trinajstić information content (AvgIpc) is 2.71. The number of nitrogens with one attached hydrogen (secondary N) is 1. The zero-order valence-electron chi connectivity index (χ0n) is 11.7. The molecule has 0 atom stereocenters. The van der Waals surface area contributed by atoms with Crippen LogP contribution in [0.2, 0.25) is 0 Å². The van der Waals surface area contributed by atoms with Crippen molar-refractivity contribution in [1.82, 2.24) is 14.5 Å². The van der Waals surface area contributed by atoms with E-state index in [1.807, 2.05) is 14.0 Å². The van der Waals surface area contributed by atoms with E-state index < -0.39 is 10.0 Å². The first-order valence-electron chi connectivity index (χ1n) is 6.14. The minimum Gasteiger partial charge on any atom is -0.399 e. The number of benzene rings is 1. The molecule has 108 valence electrons. The van der Waals surface area contributed by atoms with Crippen molar-refractivity contribution in [3.8, 4) is 0 Å². The Morgan fingerprint density at radius 1 is 1.35 bits per heavy atom. The third-order valence-corrected chi connectivity index (χ3v) is 4.74. The van der Waals surface area contributed by atoms with Crippen LogP contribution in [-0.2, 0) is 23.6 Å². The maximum absolute atomic E-state index is 12.2. The van der Waals surface area contributed by atoms with Gasteiger partial charge in [0.15, 0.2) is 0 Å². The van der Waals surface area contributed by atoms with Crippen LogP contribution in [0.1, 0.15) is 16.8 Å². The highest BCUT2D eigenvalue weighted by Gasteiger charge is 2.15. The average molecular weight is 294 g/mol. The topological polar surface area (TPSA) is 90.0 Å². The van der Waals surface area contributed by atoms with Gasteiger partial charge >= 0.3 is 0 Å². The monoisotopic (exact) mass is 294 g/mol. The summed E-state index contributed by atoms with van der Waals surface area (Å²) in [6.45, 7) is 3.88. The summed E-state index contributed by atoms with van der Waals surface area (Å²) in [5.74, 6) is 0. The van der Waals surface area contributed by atoms with Crippen LogP contribution >= 0.6 is 0 Å². The molecule has 0 spiro atoms. The number of rotatable bonds is 4. The van der Waals surface area contributed by atoms with Crippen LogP contribution < -0.4 is 10.5 Å². The van der Waals surface area contributed by atoms with Crippen LogP contribution in [-0.4, -0.2) is 18.2 Å². The molecule has 20 heavy (non-hydrogen) atoms. The summed E-state index contributed by atoms with van der Waals surface area (Å²) in [4.78, 5) is 0.214. The van der Waals surface area contributed by atoms with Gasteiger partial charge < -0.3 is 5.73 Å². The molecule has 7 heteroatoms. The van der Waals surface area contributed by atoms with E-state index >= 15 is 0 Å². The minimum atomic E-state index is -3.55. The number of nitrogen functional groups attached to an aromatic ring is 1. The zero-order valence-corrected chi connectivity index (χ0v) is 12.5. The smallest absolute Gasteiger partial charge is 0.240 e. The number of anilines is 1. The third-order valence-electron chi connectivity index (χ3n) is 3.34. The second kappa shape index (κ2) is 5.26. The molecular weight excluding hydrogens is 276 g/mol. The lowest BCUT2D eigenvalue weighted by Crippen LogP contribution is -2.23. The lowest BCUT2D eigenvalue weighted by atomic mass is 10.2. The Labute approximate surface area is 118 Å². The lowest BCUT2D eigenvalue weighted by Gasteiger charge is -2.08. The number of aryl methyl sites for hydroxylation is 2. The highest BCUT2D eigenvalue weighted by atomic mass is 32.2. The summed E-state index contributed by atoms with van der Waals surface area (Å²) < 4.78 is 28.7. The Bertz CT molecular complexity index is 735. The number of nitrogens with zero attached hydrogens (tertiary/aromatic N) is 2. The Balaban J connectivity index is 2.19. The molecule has 0 aliphatic rings. The molecule has 0 unspecified atom stereocenters. The van der Waals surface area contributed by atoms with Crippen molar-refractivity contribution in [2.24, 2.45) is 7.05 Å². The molecule has 0 fully saturated rings. The molecule has 6 nitrogen and oxygen atoms in total.